The summed E-state index contributed by atoms with van der Waals surface area (Å²) in [6.45, 7) is 3.91. The first-order valence-electron chi connectivity index (χ1n) is 8.21. The number of amides is 2. The number of nitrogens with zero attached hydrogens (tertiary/aromatic N) is 1. The van der Waals surface area contributed by atoms with E-state index in [9.17, 15) is 14.0 Å². The summed E-state index contributed by atoms with van der Waals surface area (Å²) in [5, 5.41) is 2.58. The van der Waals surface area contributed by atoms with Crippen LogP contribution >= 0.6 is 0 Å². The molecule has 1 N–H and O–H groups in total. The van der Waals surface area contributed by atoms with Crippen molar-refractivity contribution in [1.29, 1.82) is 0 Å². The van der Waals surface area contributed by atoms with Gasteiger partial charge in [0.15, 0.2) is 0 Å². The molecule has 2 aromatic rings. The molecule has 25 heavy (non-hydrogen) atoms. The highest BCUT2D eigenvalue weighted by Gasteiger charge is 2.25. The Morgan fingerprint density at radius 2 is 1.80 bits per heavy atom. The number of aryl methyl sites for hydroxylation is 1. The molecule has 2 amide bonds. The van der Waals surface area contributed by atoms with Crippen LogP contribution < -0.4 is 5.32 Å². The molecule has 0 radical (unpaired) electrons. The standard InChI is InChI=1S/C20H23FN2O2/c1-14-5-4-6-17(11-14)12-19(24)23(15(2)20(25)22-3)13-16-7-9-18(21)10-8-16/h4-11,15H,12-13H2,1-3H3,(H,22,25)/t15-/m0/s1. The van der Waals surface area contributed by atoms with Crippen LogP contribution in [0.25, 0.3) is 0 Å². The molecule has 0 heterocycles. The molecule has 0 aromatic heterocycles. The molecule has 2 rings (SSSR count). The van der Waals surface area contributed by atoms with Crippen molar-refractivity contribution < 1.29 is 14.0 Å². The van der Waals surface area contributed by atoms with Gasteiger partial charge in [0.05, 0.1) is 6.42 Å². The summed E-state index contributed by atoms with van der Waals surface area (Å²) in [6, 6.07) is 13.1. The molecule has 0 aliphatic carbocycles. The first-order chi connectivity index (χ1) is 11.9. The van der Waals surface area contributed by atoms with E-state index in [0.717, 1.165) is 16.7 Å². The van der Waals surface area contributed by atoms with Gasteiger partial charge in [-0.3, -0.25) is 9.59 Å². The fourth-order valence-electron chi connectivity index (χ4n) is 2.68. The summed E-state index contributed by atoms with van der Waals surface area (Å²) >= 11 is 0. The molecule has 2 aromatic carbocycles. The third-order valence-electron chi connectivity index (χ3n) is 4.12. The van der Waals surface area contributed by atoms with E-state index in [1.807, 2.05) is 31.2 Å². The lowest BCUT2D eigenvalue weighted by molar-refractivity contribution is -0.139. The van der Waals surface area contributed by atoms with E-state index in [0.29, 0.717) is 0 Å². The highest BCUT2D eigenvalue weighted by molar-refractivity contribution is 5.88. The Kier molecular flexibility index (Phi) is 6.28. The van der Waals surface area contributed by atoms with Crippen LogP contribution in [0.1, 0.15) is 23.6 Å². The molecule has 5 heteroatoms. The molecule has 0 saturated heterocycles. The maximum atomic E-state index is 13.1. The lowest BCUT2D eigenvalue weighted by Gasteiger charge is -2.28. The predicted octanol–water partition coefficient (Wildman–Crippen LogP) is 2.84. The SMILES string of the molecule is CNC(=O)[C@H](C)N(Cc1ccc(F)cc1)C(=O)Cc1cccc(C)c1. The van der Waals surface area contributed by atoms with Gasteiger partial charge in [0.25, 0.3) is 0 Å². The molecule has 0 fully saturated rings. The average molecular weight is 342 g/mol. The maximum absolute atomic E-state index is 13.1. The Morgan fingerprint density at radius 3 is 2.40 bits per heavy atom. The summed E-state index contributed by atoms with van der Waals surface area (Å²) in [5.41, 5.74) is 2.75. The van der Waals surface area contributed by atoms with Gasteiger partial charge in [-0.25, -0.2) is 4.39 Å². The number of hydrogen-bond donors (Lipinski definition) is 1. The molecule has 1 atom stereocenters. The van der Waals surface area contributed by atoms with Crippen LogP contribution in [0.2, 0.25) is 0 Å². The summed E-state index contributed by atoms with van der Waals surface area (Å²) in [6.07, 6.45) is 0.213. The molecule has 0 bridgehead atoms. The van der Waals surface area contributed by atoms with Crippen molar-refractivity contribution in [3.8, 4) is 0 Å². The largest absolute Gasteiger partial charge is 0.357 e. The van der Waals surface area contributed by atoms with E-state index >= 15 is 0 Å². The lowest BCUT2D eigenvalue weighted by atomic mass is 10.1. The van der Waals surface area contributed by atoms with Crippen LogP contribution in [0, 0.1) is 12.7 Å². The highest BCUT2D eigenvalue weighted by atomic mass is 19.1. The molecule has 0 aliphatic rings. The zero-order valence-electron chi connectivity index (χ0n) is 14.8. The molecule has 0 unspecified atom stereocenters. The van der Waals surface area contributed by atoms with E-state index in [4.69, 9.17) is 0 Å². The van der Waals surface area contributed by atoms with Crippen LogP contribution in [0.3, 0.4) is 0 Å². The van der Waals surface area contributed by atoms with E-state index in [2.05, 4.69) is 5.32 Å². The van der Waals surface area contributed by atoms with Gasteiger partial charge < -0.3 is 10.2 Å². The van der Waals surface area contributed by atoms with Crippen molar-refractivity contribution in [3.05, 3.63) is 71.0 Å². The van der Waals surface area contributed by atoms with Gasteiger partial charge in [-0.15, -0.1) is 0 Å². The van der Waals surface area contributed by atoms with Gasteiger partial charge in [-0.2, -0.15) is 0 Å². The van der Waals surface area contributed by atoms with Crippen LogP contribution in [-0.4, -0.2) is 29.8 Å². The highest BCUT2D eigenvalue weighted by Crippen LogP contribution is 2.14. The van der Waals surface area contributed by atoms with Crippen molar-refractivity contribution in [2.75, 3.05) is 7.05 Å². The number of likely N-dealkylation sites (N-methyl/N-ethyl adjacent to an activating group) is 1. The minimum Gasteiger partial charge on any atom is -0.357 e. The molecule has 132 valence electrons. The number of nitrogens with one attached hydrogen (secondary N) is 1. The second kappa shape index (κ2) is 8.42. The molecule has 4 nitrogen and oxygen atoms in total. The zero-order chi connectivity index (χ0) is 18.4. The molecule has 0 saturated carbocycles. The Labute approximate surface area is 147 Å². The first kappa shape index (κ1) is 18.6. The van der Waals surface area contributed by atoms with E-state index in [-0.39, 0.29) is 30.6 Å². The number of carbonyl (C=O) groups excluding carboxylic acids is 2. The van der Waals surface area contributed by atoms with E-state index in [1.165, 1.54) is 17.0 Å². The number of rotatable bonds is 6. The summed E-state index contributed by atoms with van der Waals surface area (Å²) in [4.78, 5) is 26.4. The third kappa shape index (κ3) is 5.14. The summed E-state index contributed by atoms with van der Waals surface area (Å²) < 4.78 is 13.1. The van der Waals surface area contributed by atoms with Crippen LogP contribution in [0.5, 0.6) is 0 Å². The molecular formula is C20H23FN2O2. The summed E-state index contributed by atoms with van der Waals surface area (Å²) in [5.74, 6) is -0.716. The average Bonchev–Trinajstić information content (AvgIpc) is 2.59. The van der Waals surface area contributed by atoms with Crippen molar-refractivity contribution >= 4 is 11.8 Å². The number of carbonyl (C=O) groups is 2. The van der Waals surface area contributed by atoms with Gasteiger partial charge in [0.1, 0.15) is 11.9 Å². The van der Waals surface area contributed by atoms with Crippen LogP contribution in [0.15, 0.2) is 48.5 Å². The lowest BCUT2D eigenvalue weighted by Crippen LogP contribution is -2.47. The second-order valence-electron chi connectivity index (χ2n) is 6.10. The van der Waals surface area contributed by atoms with E-state index < -0.39 is 6.04 Å². The van der Waals surface area contributed by atoms with Crippen molar-refractivity contribution in [2.24, 2.45) is 0 Å². The fourth-order valence-corrected chi connectivity index (χ4v) is 2.68. The van der Waals surface area contributed by atoms with Gasteiger partial charge in [-0.05, 0) is 37.1 Å². The van der Waals surface area contributed by atoms with Gasteiger partial charge in [0, 0.05) is 13.6 Å². The number of benzene rings is 2. The van der Waals surface area contributed by atoms with Gasteiger partial charge >= 0.3 is 0 Å². The molecule has 0 aliphatic heterocycles. The topological polar surface area (TPSA) is 49.4 Å². The quantitative estimate of drug-likeness (QED) is 0.878. The molecular weight excluding hydrogens is 319 g/mol. The number of halogens is 1. The first-order valence-corrected chi connectivity index (χ1v) is 8.21. The second-order valence-corrected chi connectivity index (χ2v) is 6.10. The normalized spacial score (nSPS) is 11.7. The summed E-state index contributed by atoms with van der Waals surface area (Å²) in [7, 11) is 1.54. The third-order valence-corrected chi connectivity index (χ3v) is 4.12. The minimum absolute atomic E-state index is 0.147. The van der Waals surface area contributed by atoms with Crippen molar-refractivity contribution in [3.63, 3.8) is 0 Å². The minimum atomic E-state index is -0.618. The Bertz CT molecular complexity index is 744. The van der Waals surface area contributed by atoms with Gasteiger partial charge in [0.2, 0.25) is 11.8 Å². The molecule has 0 spiro atoms. The van der Waals surface area contributed by atoms with Gasteiger partial charge in [-0.1, -0.05) is 42.0 Å². The maximum Gasteiger partial charge on any atom is 0.242 e. The van der Waals surface area contributed by atoms with E-state index in [1.54, 1.807) is 26.1 Å². The number of hydrogen-bond acceptors (Lipinski definition) is 2. The Hall–Kier alpha value is -2.69. The van der Waals surface area contributed by atoms with Crippen molar-refractivity contribution in [2.45, 2.75) is 32.9 Å². The van der Waals surface area contributed by atoms with Crippen LogP contribution in [0.4, 0.5) is 4.39 Å². The van der Waals surface area contributed by atoms with Crippen molar-refractivity contribution in [1.82, 2.24) is 10.2 Å². The Morgan fingerprint density at radius 1 is 1.12 bits per heavy atom. The Balaban J connectivity index is 2.21. The monoisotopic (exact) mass is 342 g/mol. The zero-order valence-corrected chi connectivity index (χ0v) is 14.8. The fraction of sp³-hybridized carbons (Fsp3) is 0.300. The van der Waals surface area contributed by atoms with Crippen LogP contribution in [-0.2, 0) is 22.6 Å². The smallest absolute Gasteiger partial charge is 0.242 e. The predicted molar refractivity (Wildman–Crippen MR) is 95.4 cm³/mol.